The standard InChI is InChI=1S/C15H14FN2O4/c16-10-8-18(15(21)17-14(10)20)13-7-11(19)12(22-13)6-9-4-2-1-3-5-9/h2-5,8,11-13,19H,6-7H2,(H,17,20,21)/t11-,12+,13+/m0/s1. The Bertz CT molecular complexity index is 771. The Morgan fingerprint density at radius 1 is 1.41 bits per heavy atom. The molecule has 2 aromatic rings. The Kier molecular flexibility index (Phi) is 3.91. The van der Waals surface area contributed by atoms with Gasteiger partial charge in [0.05, 0.1) is 18.4 Å². The summed E-state index contributed by atoms with van der Waals surface area (Å²) in [4.78, 5) is 24.6. The Morgan fingerprint density at radius 3 is 2.86 bits per heavy atom. The van der Waals surface area contributed by atoms with Gasteiger partial charge >= 0.3 is 5.69 Å². The molecule has 1 saturated heterocycles. The number of aromatic nitrogens is 2. The molecule has 22 heavy (non-hydrogen) atoms. The highest BCUT2D eigenvalue weighted by atomic mass is 19.1. The van der Waals surface area contributed by atoms with Gasteiger partial charge in [-0.3, -0.25) is 14.3 Å². The first kappa shape index (κ1) is 14.7. The number of rotatable bonds is 3. The number of aliphatic hydroxyl groups is 1. The van der Waals surface area contributed by atoms with E-state index in [0.29, 0.717) is 6.42 Å². The number of aromatic amines is 1. The first-order valence-corrected chi connectivity index (χ1v) is 6.84. The van der Waals surface area contributed by atoms with Crippen molar-refractivity contribution in [2.75, 3.05) is 0 Å². The van der Waals surface area contributed by atoms with Crippen LogP contribution in [0.15, 0.2) is 40.1 Å². The molecule has 1 aromatic heterocycles. The van der Waals surface area contributed by atoms with Crippen molar-refractivity contribution < 1.29 is 14.2 Å². The number of halogens is 1. The fraction of sp³-hybridized carbons (Fsp3) is 0.333. The molecule has 115 valence electrons. The molecule has 2 N–H and O–H groups in total. The number of benzene rings is 1. The van der Waals surface area contributed by atoms with Crippen LogP contribution in [-0.2, 0) is 11.2 Å². The molecule has 3 atom stereocenters. The lowest BCUT2D eigenvalue weighted by molar-refractivity contribution is -0.0201. The lowest BCUT2D eigenvalue weighted by Gasteiger charge is -2.16. The zero-order chi connectivity index (χ0) is 15.7. The normalized spacial score (nSPS) is 24.5. The maximum Gasteiger partial charge on any atom is 0.330 e. The summed E-state index contributed by atoms with van der Waals surface area (Å²) in [7, 11) is 0. The average molecular weight is 305 g/mol. The van der Waals surface area contributed by atoms with Crippen LogP contribution in [0.3, 0.4) is 0 Å². The van der Waals surface area contributed by atoms with Gasteiger partial charge in [0, 0.05) is 12.8 Å². The van der Waals surface area contributed by atoms with Gasteiger partial charge in [-0.25, -0.2) is 4.79 Å². The van der Waals surface area contributed by atoms with Crippen LogP contribution < -0.4 is 11.2 Å². The quantitative estimate of drug-likeness (QED) is 0.858. The molecule has 0 aliphatic carbocycles. The molecular weight excluding hydrogens is 291 g/mol. The summed E-state index contributed by atoms with van der Waals surface area (Å²) < 4.78 is 19.9. The van der Waals surface area contributed by atoms with E-state index in [1.54, 1.807) is 12.1 Å². The van der Waals surface area contributed by atoms with Crippen LogP contribution in [-0.4, -0.2) is 26.9 Å². The monoisotopic (exact) mass is 305 g/mol. The molecule has 1 aliphatic heterocycles. The largest absolute Gasteiger partial charge is 0.390 e. The summed E-state index contributed by atoms with van der Waals surface area (Å²) in [6.07, 6.45) is -0.681. The van der Waals surface area contributed by atoms with Crippen molar-refractivity contribution in [2.45, 2.75) is 31.3 Å². The van der Waals surface area contributed by atoms with Gasteiger partial charge in [0.15, 0.2) is 0 Å². The van der Waals surface area contributed by atoms with Gasteiger partial charge in [-0.05, 0) is 11.6 Å². The van der Waals surface area contributed by atoms with Gasteiger partial charge in [-0.2, -0.15) is 4.39 Å². The molecule has 0 saturated carbocycles. The summed E-state index contributed by atoms with van der Waals surface area (Å²) in [5.41, 5.74) is -0.876. The van der Waals surface area contributed by atoms with Crippen LogP contribution in [0.2, 0.25) is 0 Å². The van der Waals surface area contributed by atoms with E-state index < -0.39 is 35.5 Å². The third kappa shape index (κ3) is 2.86. The molecule has 7 heteroatoms. The maximum atomic E-state index is 13.3. The third-order valence-electron chi connectivity index (χ3n) is 3.66. The summed E-state index contributed by atoms with van der Waals surface area (Å²) in [5, 5.41) is 10.1. The minimum absolute atomic E-state index is 0.148. The van der Waals surface area contributed by atoms with E-state index >= 15 is 0 Å². The number of H-pyrrole nitrogens is 1. The van der Waals surface area contributed by atoms with Gasteiger partial charge in [0.25, 0.3) is 5.56 Å². The van der Waals surface area contributed by atoms with Crippen LogP contribution in [0.25, 0.3) is 0 Å². The van der Waals surface area contributed by atoms with Gasteiger partial charge in [0.1, 0.15) is 6.23 Å². The third-order valence-corrected chi connectivity index (χ3v) is 3.66. The molecular formula is C15H14FN2O4. The van der Waals surface area contributed by atoms with Crippen molar-refractivity contribution in [1.29, 1.82) is 0 Å². The minimum atomic E-state index is -1.07. The van der Waals surface area contributed by atoms with E-state index in [0.717, 1.165) is 16.3 Å². The predicted molar refractivity (Wildman–Crippen MR) is 74.8 cm³/mol. The summed E-state index contributed by atoms with van der Waals surface area (Å²) in [6.45, 7) is 0. The molecule has 0 unspecified atom stereocenters. The predicted octanol–water partition coefficient (Wildman–Crippen LogP) is 0.367. The molecule has 0 spiro atoms. The highest BCUT2D eigenvalue weighted by molar-refractivity contribution is 5.15. The van der Waals surface area contributed by atoms with Gasteiger partial charge in [-0.15, -0.1) is 0 Å². The first-order valence-electron chi connectivity index (χ1n) is 6.84. The van der Waals surface area contributed by atoms with Crippen molar-refractivity contribution in [3.8, 4) is 0 Å². The van der Waals surface area contributed by atoms with E-state index in [-0.39, 0.29) is 6.42 Å². The zero-order valence-corrected chi connectivity index (χ0v) is 11.5. The molecule has 2 heterocycles. The van der Waals surface area contributed by atoms with Gasteiger partial charge in [-0.1, -0.05) is 24.3 Å². The molecule has 6 nitrogen and oxygen atoms in total. The number of nitrogens with one attached hydrogen (secondary N) is 1. The molecule has 1 radical (unpaired) electrons. The second kappa shape index (κ2) is 5.86. The molecule has 3 rings (SSSR count). The van der Waals surface area contributed by atoms with Crippen LogP contribution in [0.4, 0.5) is 4.39 Å². The summed E-state index contributed by atoms with van der Waals surface area (Å²) in [5.74, 6) is -1.07. The topological polar surface area (TPSA) is 84.3 Å². The Labute approximate surface area is 124 Å². The lowest BCUT2D eigenvalue weighted by Crippen LogP contribution is -2.33. The lowest BCUT2D eigenvalue weighted by atomic mass is 10.0. The van der Waals surface area contributed by atoms with Crippen LogP contribution in [0.5, 0.6) is 0 Å². The van der Waals surface area contributed by atoms with Crippen molar-refractivity contribution in [3.63, 3.8) is 0 Å². The Balaban J connectivity index is 1.80. The van der Waals surface area contributed by atoms with Crippen molar-refractivity contribution in [3.05, 3.63) is 68.7 Å². The first-order chi connectivity index (χ1) is 10.5. The van der Waals surface area contributed by atoms with Crippen molar-refractivity contribution >= 4 is 0 Å². The second-order valence-electron chi connectivity index (χ2n) is 5.19. The molecule has 1 aromatic carbocycles. The fourth-order valence-corrected chi connectivity index (χ4v) is 2.53. The molecule has 0 bridgehead atoms. The number of nitrogens with zero attached hydrogens (tertiary/aromatic N) is 1. The summed E-state index contributed by atoms with van der Waals surface area (Å²) >= 11 is 0. The van der Waals surface area contributed by atoms with Crippen LogP contribution >= 0.6 is 0 Å². The molecule has 1 aliphatic rings. The second-order valence-corrected chi connectivity index (χ2v) is 5.19. The minimum Gasteiger partial charge on any atom is -0.390 e. The Morgan fingerprint density at radius 2 is 2.14 bits per heavy atom. The number of ether oxygens (including phenoxy) is 1. The van der Waals surface area contributed by atoms with Crippen LogP contribution in [0.1, 0.15) is 18.2 Å². The maximum absolute atomic E-state index is 13.3. The molecule has 0 amide bonds. The van der Waals surface area contributed by atoms with Crippen molar-refractivity contribution in [2.24, 2.45) is 0 Å². The highest BCUT2D eigenvalue weighted by Gasteiger charge is 2.35. The van der Waals surface area contributed by atoms with Gasteiger partial charge < -0.3 is 9.84 Å². The summed E-state index contributed by atoms with van der Waals surface area (Å²) in [6, 6.07) is 10.1. The van der Waals surface area contributed by atoms with E-state index in [2.05, 4.69) is 6.07 Å². The zero-order valence-electron chi connectivity index (χ0n) is 11.5. The highest BCUT2D eigenvalue weighted by Crippen LogP contribution is 2.29. The Hall–Kier alpha value is -2.25. The van der Waals surface area contributed by atoms with E-state index in [9.17, 15) is 19.1 Å². The van der Waals surface area contributed by atoms with Crippen LogP contribution in [0, 0.1) is 11.9 Å². The van der Waals surface area contributed by atoms with E-state index in [1.165, 1.54) is 0 Å². The van der Waals surface area contributed by atoms with E-state index in [4.69, 9.17) is 4.74 Å². The van der Waals surface area contributed by atoms with Crippen molar-refractivity contribution in [1.82, 2.24) is 9.55 Å². The SMILES string of the molecule is O=c1[nH]c(=O)n([C@H]2C[C@H](O)[C@@H](Cc3cc[c]cc3)O2)cc1F. The molecule has 1 fully saturated rings. The van der Waals surface area contributed by atoms with E-state index in [1.807, 2.05) is 17.1 Å². The average Bonchev–Trinajstić information content (AvgIpc) is 2.85. The number of aliphatic hydroxyl groups excluding tert-OH is 1. The smallest absolute Gasteiger partial charge is 0.330 e. The number of hydrogen-bond donors (Lipinski definition) is 2. The number of hydrogen-bond acceptors (Lipinski definition) is 4. The van der Waals surface area contributed by atoms with Gasteiger partial charge in [0.2, 0.25) is 5.82 Å². The fourth-order valence-electron chi connectivity index (χ4n) is 2.53.